The lowest BCUT2D eigenvalue weighted by atomic mass is 9.84. The fraction of sp³-hybridized carbons (Fsp3) is 0.200. The maximum atomic E-state index is 12.0. The van der Waals surface area contributed by atoms with E-state index in [9.17, 15) is 14.7 Å². The highest BCUT2D eigenvalue weighted by Gasteiger charge is 2.32. The molecular formula is C15H15NO4. The Balaban J connectivity index is 2.44. The number of ether oxygens (including phenoxy) is 1. The molecule has 0 aromatic heterocycles. The van der Waals surface area contributed by atoms with E-state index in [1.165, 1.54) is 12.4 Å². The van der Waals surface area contributed by atoms with Crippen LogP contribution in [0.1, 0.15) is 18.4 Å². The van der Waals surface area contributed by atoms with E-state index in [4.69, 9.17) is 4.74 Å². The highest BCUT2D eigenvalue weighted by atomic mass is 16.5. The van der Waals surface area contributed by atoms with Gasteiger partial charge in [0.25, 0.3) is 0 Å². The largest absolute Gasteiger partial charge is 0.478 e. The molecule has 1 aliphatic rings. The Kier molecular flexibility index (Phi) is 4.20. The number of rotatable bonds is 4. The predicted molar refractivity (Wildman–Crippen MR) is 72.8 cm³/mol. The molecule has 1 aromatic rings. The lowest BCUT2D eigenvalue weighted by Gasteiger charge is -2.23. The maximum Gasteiger partial charge on any atom is 0.336 e. The first-order valence-corrected chi connectivity index (χ1v) is 6.26. The molecule has 104 valence electrons. The van der Waals surface area contributed by atoms with Crippen molar-refractivity contribution in [3.8, 4) is 0 Å². The Labute approximate surface area is 116 Å². The lowest BCUT2D eigenvalue weighted by molar-refractivity contribution is -0.138. The number of benzene rings is 1. The number of hydrogen-bond acceptors (Lipinski definition) is 4. The van der Waals surface area contributed by atoms with E-state index >= 15 is 0 Å². The summed E-state index contributed by atoms with van der Waals surface area (Å²) in [5.74, 6) is -2.21. The minimum Gasteiger partial charge on any atom is -0.478 e. The normalized spacial score (nSPS) is 17.6. The molecule has 1 atom stereocenters. The van der Waals surface area contributed by atoms with E-state index in [-0.39, 0.29) is 17.8 Å². The van der Waals surface area contributed by atoms with Gasteiger partial charge in [0, 0.05) is 12.4 Å². The number of aliphatic carboxylic acids is 1. The second-order valence-electron chi connectivity index (χ2n) is 4.24. The van der Waals surface area contributed by atoms with Gasteiger partial charge in [0.15, 0.2) is 0 Å². The summed E-state index contributed by atoms with van der Waals surface area (Å²) in [6, 6.07) is 9.03. The lowest BCUT2D eigenvalue weighted by Crippen LogP contribution is -2.26. The molecule has 0 saturated heterocycles. The molecule has 0 spiro atoms. The molecule has 5 heteroatoms. The monoisotopic (exact) mass is 273 g/mol. The number of dihydropyridines is 1. The molecule has 0 amide bonds. The molecular weight excluding hydrogens is 258 g/mol. The first-order valence-electron chi connectivity index (χ1n) is 6.26. The summed E-state index contributed by atoms with van der Waals surface area (Å²) >= 11 is 0. The second kappa shape index (κ2) is 6.06. The van der Waals surface area contributed by atoms with Crippen molar-refractivity contribution in [3.05, 3.63) is 59.4 Å². The maximum absolute atomic E-state index is 12.0. The van der Waals surface area contributed by atoms with Crippen LogP contribution in [-0.2, 0) is 14.3 Å². The molecule has 1 unspecified atom stereocenters. The SMILES string of the molecule is CCOC(=O)C1=CNC=C(C(=O)O)C1c1ccccc1. The molecule has 2 rings (SSSR count). The van der Waals surface area contributed by atoms with Gasteiger partial charge in [-0.05, 0) is 12.5 Å². The predicted octanol–water partition coefficient (Wildman–Crippen LogP) is 1.79. The van der Waals surface area contributed by atoms with Crippen LogP contribution in [0.3, 0.4) is 0 Å². The number of carboxylic acids is 1. The molecule has 1 aromatic carbocycles. The van der Waals surface area contributed by atoms with Gasteiger partial charge in [-0.15, -0.1) is 0 Å². The van der Waals surface area contributed by atoms with E-state index in [1.807, 2.05) is 6.07 Å². The van der Waals surface area contributed by atoms with E-state index in [0.717, 1.165) is 5.56 Å². The number of carbonyl (C=O) groups excluding carboxylic acids is 1. The summed E-state index contributed by atoms with van der Waals surface area (Å²) in [5, 5.41) is 12.0. The van der Waals surface area contributed by atoms with Gasteiger partial charge in [-0.1, -0.05) is 30.3 Å². The number of nitrogens with one attached hydrogen (secondary N) is 1. The van der Waals surface area contributed by atoms with Gasteiger partial charge in [0.1, 0.15) is 0 Å². The summed E-state index contributed by atoms with van der Waals surface area (Å²) in [4.78, 5) is 23.4. The van der Waals surface area contributed by atoms with E-state index < -0.39 is 17.9 Å². The smallest absolute Gasteiger partial charge is 0.336 e. The van der Waals surface area contributed by atoms with Crippen LogP contribution in [-0.4, -0.2) is 23.7 Å². The fourth-order valence-corrected chi connectivity index (χ4v) is 2.14. The van der Waals surface area contributed by atoms with Gasteiger partial charge in [0.05, 0.1) is 23.7 Å². The summed E-state index contributed by atoms with van der Waals surface area (Å²) < 4.78 is 4.99. The van der Waals surface area contributed by atoms with Gasteiger partial charge in [-0.3, -0.25) is 0 Å². The zero-order valence-electron chi connectivity index (χ0n) is 11.0. The van der Waals surface area contributed by atoms with E-state index in [1.54, 1.807) is 31.2 Å². The molecule has 20 heavy (non-hydrogen) atoms. The van der Waals surface area contributed by atoms with Crippen LogP contribution in [0.5, 0.6) is 0 Å². The zero-order valence-corrected chi connectivity index (χ0v) is 11.0. The van der Waals surface area contributed by atoms with Crippen LogP contribution in [0.2, 0.25) is 0 Å². The van der Waals surface area contributed by atoms with Crippen molar-refractivity contribution in [3.63, 3.8) is 0 Å². The van der Waals surface area contributed by atoms with Crippen LogP contribution >= 0.6 is 0 Å². The number of esters is 1. The van der Waals surface area contributed by atoms with E-state index in [2.05, 4.69) is 5.32 Å². The topological polar surface area (TPSA) is 75.6 Å². The minimum atomic E-state index is -1.07. The molecule has 0 radical (unpaired) electrons. The highest BCUT2D eigenvalue weighted by molar-refractivity contribution is 5.97. The van der Waals surface area contributed by atoms with Crippen LogP contribution in [0.25, 0.3) is 0 Å². The third-order valence-electron chi connectivity index (χ3n) is 2.99. The second-order valence-corrected chi connectivity index (χ2v) is 4.24. The first-order chi connectivity index (χ1) is 9.65. The quantitative estimate of drug-likeness (QED) is 0.818. The average molecular weight is 273 g/mol. The summed E-state index contributed by atoms with van der Waals surface area (Å²) in [5.41, 5.74) is 1.14. The molecule has 1 aliphatic heterocycles. The molecule has 0 saturated carbocycles. The molecule has 5 nitrogen and oxygen atoms in total. The first kappa shape index (κ1) is 13.9. The van der Waals surface area contributed by atoms with Crippen LogP contribution in [0.4, 0.5) is 0 Å². The summed E-state index contributed by atoms with van der Waals surface area (Å²) in [7, 11) is 0. The number of carbonyl (C=O) groups is 2. The van der Waals surface area contributed by atoms with Crippen molar-refractivity contribution in [2.24, 2.45) is 0 Å². The third kappa shape index (κ3) is 2.71. The highest BCUT2D eigenvalue weighted by Crippen LogP contribution is 2.34. The molecule has 1 heterocycles. The Morgan fingerprint density at radius 2 is 1.85 bits per heavy atom. The van der Waals surface area contributed by atoms with Crippen molar-refractivity contribution in [1.82, 2.24) is 5.32 Å². The van der Waals surface area contributed by atoms with Crippen molar-refractivity contribution in [1.29, 1.82) is 0 Å². The van der Waals surface area contributed by atoms with Crippen molar-refractivity contribution in [2.45, 2.75) is 12.8 Å². The summed E-state index contributed by atoms with van der Waals surface area (Å²) in [6.45, 7) is 1.95. The van der Waals surface area contributed by atoms with Crippen molar-refractivity contribution < 1.29 is 19.4 Å². The molecule has 0 aliphatic carbocycles. The van der Waals surface area contributed by atoms with Crippen LogP contribution in [0, 0.1) is 0 Å². The van der Waals surface area contributed by atoms with Gasteiger partial charge < -0.3 is 15.2 Å². The molecule has 0 bridgehead atoms. The standard InChI is InChI=1S/C15H15NO4/c1-2-20-15(19)12-9-16-8-11(14(17)18)13(12)10-6-4-3-5-7-10/h3-9,13,16H,2H2,1H3,(H,17,18). The zero-order chi connectivity index (χ0) is 14.5. The Bertz CT molecular complexity index is 575. The fourth-order valence-electron chi connectivity index (χ4n) is 2.14. The molecule has 2 N–H and O–H groups in total. The minimum absolute atomic E-state index is 0.113. The average Bonchev–Trinajstić information content (AvgIpc) is 2.47. The number of carboxylic acid groups (broad SMARTS) is 1. The van der Waals surface area contributed by atoms with E-state index in [0.29, 0.717) is 0 Å². The van der Waals surface area contributed by atoms with Gasteiger partial charge in [-0.2, -0.15) is 0 Å². The third-order valence-corrected chi connectivity index (χ3v) is 2.99. The van der Waals surface area contributed by atoms with Crippen LogP contribution < -0.4 is 5.32 Å². The summed E-state index contributed by atoms with van der Waals surface area (Å²) in [6.07, 6.45) is 2.88. The Morgan fingerprint density at radius 3 is 2.45 bits per heavy atom. The van der Waals surface area contributed by atoms with Crippen molar-refractivity contribution in [2.75, 3.05) is 6.61 Å². The van der Waals surface area contributed by atoms with Gasteiger partial charge in [0.2, 0.25) is 0 Å². The van der Waals surface area contributed by atoms with Gasteiger partial charge in [-0.25, -0.2) is 9.59 Å². The Hall–Kier alpha value is -2.56. The molecule has 0 fully saturated rings. The van der Waals surface area contributed by atoms with Gasteiger partial charge >= 0.3 is 11.9 Å². The number of hydrogen-bond donors (Lipinski definition) is 2. The van der Waals surface area contributed by atoms with Crippen LogP contribution in [0.15, 0.2) is 53.9 Å². The Morgan fingerprint density at radius 1 is 1.20 bits per heavy atom. The van der Waals surface area contributed by atoms with Crippen molar-refractivity contribution >= 4 is 11.9 Å².